The van der Waals surface area contributed by atoms with Crippen LogP contribution in [0.2, 0.25) is 0 Å². The highest BCUT2D eigenvalue weighted by atomic mass is 16.5. The Labute approximate surface area is 363 Å². The van der Waals surface area contributed by atoms with Gasteiger partial charge in [0, 0.05) is 74.3 Å². The molecule has 2 fully saturated rings. The number of Topliss-reactive ketones (excluding diaryl/α,β-unsaturated/α-hetero) is 2. The molecule has 6 rings (SSSR count). The highest BCUT2D eigenvalue weighted by Crippen LogP contribution is 2.31. The average Bonchev–Trinajstić information content (AvgIpc) is 3.29. The first kappa shape index (κ1) is 46.2. The predicted molar refractivity (Wildman–Crippen MR) is 238 cm³/mol. The van der Waals surface area contributed by atoms with Gasteiger partial charge in [0.1, 0.15) is 0 Å². The SMILES string of the molecule is CCCCCc1c(C(=O)C[C@@H](Cc2ccccc2)C(=O)OC)c2nc(c1C(=O)C[C@@H](Cc1ccccc1)C(=O)OC)CN[C@@H]1CCCC[C@H]1NCCN[C@@H]1CCCC[C@H]1NC2. The fourth-order valence-corrected chi connectivity index (χ4v) is 9.93. The third-order valence-corrected chi connectivity index (χ3v) is 13.2. The monoisotopic (exact) mass is 836 g/mol. The highest BCUT2D eigenvalue weighted by Gasteiger charge is 2.35. The van der Waals surface area contributed by atoms with Gasteiger partial charge in [0.2, 0.25) is 0 Å². The van der Waals surface area contributed by atoms with Gasteiger partial charge < -0.3 is 30.7 Å². The molecule has 2 saturated carbocycles. The van der Waals surface area contributed by atoms with Gasteiger partial charge in [-0.25, -0.2) is 0 Å². The van der Waals surface area contributed by atoms with E-state index in [9.17, 15) is 9.59 Å². The number of ether oxygens (including phenoxy) is 2. The number of carbonyl (C=O) groups is 4. The summed E-state index contributed by atoms with van der Waals surface area (Å²) < 4.78 is 10.6. The van der Waals surface area contributed by atoms with E-state index in [0.717, 1.165) is 94.8 Å². The normalized spacial score (nSPS) is 22.0. The maximum Gasteiger partial charge on any atom is 0.309 e. The predicted octanol–water partition coefficient (Wildman–Crippen LogP) is 7.02. The van der Waals surface area contributed by atoms with E-state index in [4.69, 9.17) is 14.5 Å². The Bertz CT molecular complexity index is 1760. The first-order chi connectivity index (χ1) is 29.8. The second kappa shape index (κ2) is 23.8. The number of nitrogens with zero attached hydrogens (tertiary/aromatic N) is 1. The Morgan fingerprint density at radius 1 is 0.607 bits per heavy atom. The number of aromatic nitrogens is 1. The number of ketones is 2. The van der Waals surface area contributed by atoms with Crippen molar-refractivity contribution in [2.45, 2.75) is 147 Å². The summed E-state index contributed by atoms with van der Waals surface area (Å²) >= 11 is 0. The minimum atomic E-state index is -0.733. The van der Waals surface area contributed by atoms with E-state index >= 15 is 9.59 Å². The number of benzene rings is 2. The van der Waals surface area contributed by atoms with Gasteiger partial charge in [-0.2, -0.15) is 0 Å². The molecule has 2 aliphatic carbocycles. The van der Waals surface area contributed by atoms with Crippen molar-refractivity contribution < 1.29 is 28.7 Å². The average molecular weight is 836 g/mol. The second-order valence-electron chi connectivity index (χ2n) is 17.4. The summed E-state index contributed by atoms with van der Waals surface area (Å²) in [7, 11) is 2.73. The smallest absolute Gasteiger partial charge is 0.309 e. The molecule has 330 valence electrons. The lowest BCUT2D eigenvalue weighted by atomic mass is 9.83. The van der Waals surface area contributed by atoms with Gasteiger partial charge in [0.15, 0.2) is 11.6 Å². The van der Waals surface area contributed by atoms with E-state index in [0.29, 0.717) is 60.4 Å². The number of hydrogen-bond donors (Lipinski definition) is 4. The van der Waals surface area contributed by atoms with E-state index in [1.54, 1.807) is 0 Å². The van der Waals surface area contributed by atoms with Crippen LogP contribution in [-0.2, 0) is 51.4 Å². The molecule has 2 bridgehead atoms. The minimum absolute atomic E-state index is 0.0932. The summed E-state index contributed by atoms with van der Waals surface area (Å²) in [6, 6.07) is 20.3. The molecule has 2 aromatic carbocycles. The molecule has 4 N–H and O–H groups in total. The van der Waals surface area contributed by atoms with Crippen molar-refractivity contribution >= 4 is 23.5 Å². The molecule has 2 heterocycles. The fraction of sp³-hybridized carbons (Fsp3) is 0.580. The van der Waals surface area contributed by atoms with Crippen molar-refractivity contribution in [2.75, 3.05) is 27.3 Å². The number of rotatable bonds is 16. The lowest BCUT2D eigenvalue weighted by Crippen LogP contribution is -2.53. The molecule has 0 saturated heterocycles. The summed E-state index contributed by atoms with van der Waals surface area (Å²) in [4.78, 5) is 62.7. The fourth-order valence-electron chi connectivity index (χ4n) is 9.93. The Hall–Kier alpha value is -4.29. The van der Waals surface area contributed by atoms with Gasteiger partial charge in [-0.05, 0) is 68.1 Å². The molecule has 11 heteroatoms. The van der Waals surface area contributed by atoms with E-state index in [-0.39, 0.29) is 48.6 Å². The molecular formula is C50H69N5O6. The molecule has 0 radical (unpaired) electrons. The quantitative estimate of drug-likeness (QED) is 0.0671. The van der Waals surface area contributed by atoms with E-state index in [1.807, 2.05) is 60.7 Å². The number of unbranched alkanes of at least 4 members (excludes halogenated alkanes) is 2. The zero-order valence-corrected chi connectivity index (χ0v) is 36.8. The zero-order valence-electron chi connectivity index (χ0n) is 36.8. The van der Waals surface area contributed by atoms with E-state index in [2.05, 4.69) is 28.2 Å². The summed E-state index contributed by atoms with van der Waals surface area (Å²) in [5.74, 6) is -2.82. The number of nitrogens with one attached hydrogen (secondary N) is 4. The number of hydrogen-bond acceptors (Lipinski definition) is 11. The number of esters is 2. The third-order valence-electron chi connectivity index (χ3n) is 13.2. The summed E-state index contributed by atoms with van der Waals surface area (Å²) in [6.07, 6.45) is 12.3. The molecule has 6 atom stereocenters. The Balaban J connectivity index is 1.49. The lowest BCUT2D eigenvalue weighted by molar-refractivity contribution is -0.146. The van der Waals surface area contributed by atoms with Gasteiger partial charge in [-0.3, -0.25) is 24.2 Å². The third kappa shape index (κ3) is 12.9. The van der Waals surface area contributed by atoms with Crippen LogP contribution in [0.25, 0.3) is 0 Å². The molecule has 1 aromatic heterocycles. The van der Waals surface area contributed by atoms with Crippen LogP contribution in [0.1, 0.15) is 139 Å². The number of carbonyl (C=O) groups excluding carboxylic acids is 4. The number of pyridine rings is 1. The maximum atomic E-state index is 15.2. The van der Waals surface area contributed by atoms with Gasteiger partial charge in [-0.15, -0.1) is 0 Å². The highest BCUT2D eigenvalue weighted by molar-refractivity contribution is 6.06. The standard InChI is InChI=1S/C50H69N5O6/c1-4-5-8-21-38-47(45(56)30-36(49(58)60-2)28-34-17-9-6-10-18-34)43-32-53-41-24-15-13-22-39(41)51-26-27-52-40-23-14-16-25-42(40)54-33-44(55-43)48(38)46(57)31-37(50(59)61-3)29-35-19-11-7-12-20-35/h6-7,9-12,17-20,36-37,39-42,51-54H,4-5,8,13-16,21-33H2,1-3H3/t36-,37-,39-,40-,41-,42-/m1/s1. The van der Waals surface area contributed by atoms with Crippen molar-refractivity contribution in [2.24, 2.45) is 11.8 Å². The molecule has 61 heavy (non-hydrogen) atoms. The first-order valence-corrected chi connectivity index (χ1v) is 23.1. The second-order valence-corrected chi connectivity index (χ2v) is 17.4. The Morgan fingerprint density at radius 3 is 1.41 bits per heavy atom. The van der Waals surface area contributed by atoms with E-state index < -0.39 is 23.8 Å². The van der Waals surface area contributed by atoms with Crippen molar-refractivity contribution in [1.29, 1.82) is 0 Å². The minimum Gasteiger partial charge on any atom is -0.469 e. The van der Waals surface area contributed by atoms with Crippen LogP contribution in [-0.4, -0.2) is 80.0 Å². The van der Waals surface area contributed by atoms with Crippen molar-refractivity contribution in [3.8, 4) is 0 Å². The van der Waals surface area contributed by atoms with Crippen LogP contribution in [0.15, 0.2) is 60.7 Å². The summed E-state index contributed by atoms with van der Waals surface area (Å²) in [6.45, 7) is 4.55. The van der Waals surface area contributed by atoms with Gasteiger partial charge in [-0.1, -0.05) is 106 Å². The van der Waals surface area contributed by atoms with Crippen LogP contribution in [0, 0.1) is 11.8 Å². The molecule has 1 aliphatic heterocycles. The Morgan fingerprint density at radius 2 is 1.02 bits per heavy atom. The van der Waals surface area contributed by atoms with Gasteiger partial charge in [0.05, 0.1) is 37.4 Å². The number of methoxy groups -OCH3 is 2. The molecule has 0 unspecified atom stereocenters. The largest absolute Gasteiger partial charge is 0.469 e. The lowest BCUT2D eigenvalue weighted by Gasteiger charge is -2.34. The molecule has 3 aliphatic rings. The van der Waals surface area contributed by atoms with Crippen LogP contribution in [0.3, 0.4) is 0 Å². The summed E-state index contributed by atoms with van der Waals surface area (Å²) in [5.41, 5.74) is 4.62. The number of fused-ring (bicyclic) bond motifs is 4. The van der Waals surface area contributed by atoms with Gasteiger partial charge >= 0.3 is 11.9 Å². The topological polar surface area (TPSA) is 148 Å². The summed E-state index contributed by atoms with van der Waals surface area (Å²) in [5, 5.41) is 15.4. The maximum absolute atomic E-state index is 15.2. The van der Waals surface area contributed by atoms with Crippen LogP contribution < -0.4 is 21.3 Å². The van der Waals surface area contributed by atoms with Crippen LogP contribution >= 0.6 is 0 Å². The zero-order chi connectivity index (χ0) is 43.0. The van der Waals surface area contributed by atoms with Crippen molar-refractivity contribution in [3.05, 3.63) is 99.9 Å². The van der Waals surface area contributed by atoms with Crippen molar-refractivity contribution in [1.82, 2.24) is 26.3 Å². The van der Waals surface area contributed by atoms with Gasteiger partial charge in [0.25, 0.3) is 0 Å². The first-order valence-electron chi connectivity index (χ1n) is 23.1. The van der Waals surface area contributed by atoms with Crippen molar-refractivity contribution in [3.63, 3.8) is 0 Å². The molecule has 11 nitrogen and oxygen atoms in total. The molecular weight excluding hydrogens is 767 g/mol. The van der Waals surface area contributed by atoms with Crippen LogP contribution in [0.4, 0.5) is 0 Å². The Kier molecular flexibility index (Phi) is 18.0. The molecule has 3 aromatic rings. The molecule has 0 spiro atoms. The van der Waals surface area contributed by atoms with Crippen LogP contribution in [0.5, 0.6) is 0 Å². The van der Waals surface area contributed by atoms with E-state index in [1.165, 1.54) is 14.2 Å². The molecule has 0 amide bonds.